The minimum absolute atomic E-state index is 0.00360. The number of aliphatic hydroxyl groups is 1. The minimum Gasteiger partial charge on any atom is -0.486 e. The summed E-state index contributed by atoms with van der Waals surface area (Å²) in [5, 5.41) is 27.0. The molecule has 2 heterocycles. The standard InChI is InChI=1S/C29H29F2N3O5/c30-22-9-7-19(8-10-22)18-3-5-20(6-4-18)26(33-37)29(36)32-24(17-34-11-1-2-12-34)27(35)21-15-23(31)28-25(16-21)38-13-14-39-28/h3-10,15-16,24,27,35,37H,1-2,11-14,17H2,(H,32,36)/t24-,27-/m1/s1. The summed E-state index contributed by atoms with van der Waals surface area (Å²) in [7, 11) is 0. The molecule has 10 heteroatoms. The molecule has 0 radical (unpaired) electrons. The summed E-state index contributed by atoms with van der Waals surface area (Å²) in [5.74, 6) is -1.51. The number of benzene rings is 3. The summed E-state index contributed by atoms with van der Waals surface area (Å²) in [6, 6.07) is 14.6. The predicted octanol–water partition coefficient (Wildman–Crippen LogP) is 3.90. The number of hydrogen-bond donors (Lipinski definition) is 3. The second kappa shape index (κ2) is 11.8. The van der Waals surface area contributed by atoms with Gasteiger partial charge in [-0.15, -0.1) is 0 Å². The molecule has 39 heavy (non-hydrogen) atoms. The lowest BCUT2D eigenvalue weighted by Gasteiger charge is -2.29. The van der Waals surface area contributed by atoms with Crippen LogP contribution in [0.25, 0.3) is 11.1 Å². The zero-order valence-corrected chi connectivity index (χ0v) is 21.1. The van der Waals surface area contributed by atoms with Crippen molar-refractivity contribution in [1.82, 2.24) is 10.2 Å². The Kier molecular flexibility index (Phi) is 8.04. The van der Waals surface area contributed by atoms with Gasteiger partial charge in [-0.25, -0.2) is 8.78 Å². The van der Waals surface area contributed by atoms with Crippen LogP contribution in [-0.4, -0.2) is 65.7 Å². The quantitative estimate of drug-likeness (QED) is 0.229. The monoisotopic (exact) mass is 537 g/mol. The van der Waals surface area contributed by atoms with E-state index in [2.05, 4.69) is 15.4 Å². The molecule has 1 saturated heterocycles. The van der Waals surface area contributed by atoms with Gasteiger partial charge >= 0.3 is 0 Å². The summed E-state index contributed by atoms with van der Waals surface area (Å²) in [6.45, 7) is 2.41. The molecular formula is C29H29F2N3O5. The van der Waals surface area contributed by atoms with E-state index in [4.69, 9.17) is 9.47 Å². The second-order valence-corrected chi connectivity index (χ2v) is 9.59. The van der Waals surface area contributed by atoms with Gasteiger partial charge in [-0.3, -0.25) is 4.79 Å². The van der Waals surface area contributed by atoms with Crippen molar-refractivity contribution in [1.29, 1.82) is 0 Å². The molecule has 0 bridgehead atoms. The summed E-state index contributed by atoms with van der Waals surface area (Å²) in [5.41, 5.74) is 1.91. The van der Waals surface area contributed by atoms with E-state index in [9.17, 15) is 23.9 Å². The van der Waals surface area contributed by atoms with E-state index >= 15 is 0 Å². The molecule has 1 fully saturated rings. The molecule has 3 aromatic carbocycles. The van der Waals surface area contributed by atoms with Crippen LogP contribution in [0.5, 0.6) is 11.5 Å². The number of amides is 1. The molecule has 8 nitrogen and oxygen atoms in total. The van der Waals surface area contributed by atoms with Crippen molar-refractivity contribution in [2.45, 2.75) is 25.0 Å². The smallest absolute Gasteiger partial charge is 0.274 e. The highest BCUT2D eigenvalue weighted by atomic mass is 19.1. The van der Waals surface area contributed by atoms with Crippen LogP contribution in [0.1, 0.15) is 30.1 Å². The van der Waals surface area contributed by atoms with Crippen molar-refractivity contribution in [3.05, 3.63) is 83.4 Å². The molecule has 2 atom stereocenters. The van der Waals surface area contributed by atoms with Gasteiger partial charge in [0.1, 0.15) is 25.1 Å². The Morgan fingerprint density at radius 1 is 0.974 bits per heavy atom. The minimum atomic E-state index is -1.28. The summed E-state index contributed by atoms with van der Waals surface area (Å²) in [6.07, 6.45) is 0.721. The number of ether oxygens (including phenoxy) is 2. The molecule has 2 aliphatic heterocycles. The lowest BCUT2D eigenvalue weighted by molar-refractivity contribution is -0.116. The maximum absolute atomic E-state index is 14.7. The Morgan fingerprint density at radius 3 is 2.28 bits per heavy atom. The van der Waals surface area contributed by atoms with Crippen LogP contribution in [0.4, 0.5) is 8.78 Å². The first kappa shape index (κ1) is 26.6. The van der Waals surface area contributed by atoms with Gasteiger partial charge < -0.3 is 30.0 Å². The largest absolute Gasteiger partial charge is 0.486 e. The summed E-state index contributed by atoms with van der Waals surface area (Å²) in [4.78, 5) is 15.4. The van der Waals surface area contributed by atoms with Crippen molar-refractivity contribution >= 4 is 11.6 Å². The van der Waals surface area contributed by atoms with E-state index in [1.807, 2.05) is 0 Å². The maximum atomic E-state index is 14.7. The number of hydrogen-bond acceptors (Lipinski definition) is 7. The van der Waals surface area contributed by atoms with Gasteiger partial charge in [-0.2, -0.15) is 0 Å². The van der Waals surface area contributed by atoms with Gasteiger partial charge in [0, 0.05) is 12.1 Å². The van der Waals surface area contributed by atoms with E-state index in [0.717, 1.165) is 37.1 Å². The Hall–Kier alpha value is -4.02. The molecule has 0 saturated carbocycles. The van der Waals surface area contributed by atoms with E-state index in [-0.39, 0.29) is 41.8 Å². The van der Waals surface area contributed by atoms with Crippen LogP contribution in [0.2, 0.25) is 0 Å². The predicted molar refractivity (Wildman–Crippen MR) is 140 cm³/mol. The molecule has 3 N–H and O–H groups in total. The summed E-state index contributed by atoms with van der Waals surface area (Å²) < 4.78 is 38.8. The Balaban J connectivity index is 1.36. The Morgan fingerprint density at radius 2 is 1.62 bits per heavy atom. The topological polar surface area (TPSA) is 104 Å². The van der Waals surface area contributed by atoms with E-state index in [1.165, 1.54) is 24.3 Å². The lowest BCUT2D eigenvalue weighted by Crippen LogP contribution is -2.49. The number of oxime groups is 1. The van der Waals surface area contributed by atoms with Crippen LogP contribution in [0, 0.1) is 11.6 Å². The van der Waals surface area contributed by atoms with Crippen molar-refractivity contribution < 1.29 is 33.4 Å². The van der Waals surface area contributed by atoms with Gasteiger partial charge in [0.2, 0.25) is 0 Å². The molecule has 2 aliphatic rings. The van der Waals surface area contributed by atoms with Crippen LogP contribution < -0.4 is 14.8 Å². The first-order chi connectivity index (χ1) is 18.9. The fraction of sp³-hybridized carbons (Fsp3) is 0.310. The molecule has 0 spiro atoms. The number of carbonyl (C=O) groups excluding carboxylic acids is 1. The molecular weight excluding hydrogens is 508 g/mol. The van der Waals surface area contributed by atoms with Crippen LogP contribution >= 0.6 is 0 Å². The number of halogens is 2. The van der Waals surface area contributed by atoms with E-state index < -0.39 is 23.9 Å². The number of likely N-dealkylation sites (tertiary alicyclic amines) is 1. The Labute approximate surface area is 224 Å². The average Bonchev–Trinajstić information content (AvgIpc) is 3.47. The average molecular weight is 538 g/mol. The third-order valence-electron chi connectivity index (χ3n) is 6.96. The van der Waals surface area contributed by atoms with Crippen LogP contribution in [0.3, 0.4) is 0 Å². The van der Waals surface area contributed by atoms with Crippen molar-refractivity contribution in [3.8, 4) is 22.6 Å². The van der Waals surface area contributed by atoms with Crippen molar-refractivity contribution in [2.24, 2.45) is 5.16 Å². The first-order valence-corrected chi connectivity index (χ1v) is 12.8. The van der Waals surface area contributed by atoms with E-state index in [1.54, 1.807) is 36.4 Å². The highest BCUT2D eigenvalue weighted by molar-refractivity contribution is 6.45. The second-order valence-electron chi connectivity index (χ2n) is 9.59. The van der Waals surface area contributed by atoms with Gasteiger partial charge in [0.05, 0.1) is 6.04 Å². The van der Waals surface area contributed by atoms with Crippen LogP contribution in [0.15, 0.2) is 65.8 Å². The number of nitrogens with one attached hydrogen (secondary N) is 1. The zero-order valence-electron chi connectivity index (χ0n) is 21.1. The molecule has 1 amide bonds. The molecule has 3 aromatic rings. The number of rotatable bonds is 8. The first-order valence-electron chi connectivity index (χ1n) is 12.8. The number of aliphatic hydroxyl groups excluding tert-OH is 1. The highest BCUT2D eigenvalue weighted by Crippen LogP contribution is 2.36. The number of nitrogens with zero attached hydrogens (tertiary/aromatic N) is 2. The summed E-state index contributed by atoms with van der Waals surface area (Å²) >= 11 is 0. The number of fused-ring (bicyclic) bond motifs is 1. The highest BCUT2D eigenvalue weighted by Gasteiger charge is 2.30. The molecule has 0 unspecified atom stereocenters. The number of carbonyl (C=O) groups is 1. The fourth-order valence-corrected chi connectivity index (χ4v) is 4.94. The molecule has 204 valence electrons. The fourth-order valence-electron chi connectivity index (χ4n) is 4.94. The van der Waals surface area contributed by atoms with Gasteiger partial charge in [-0.1, -0.05) is 41.6 Å². The SMILES string of the molecule is O=C(N[C@H](CN1CCCC1)[C@H](O)c1cc(F)c2c(c1)OCCO2)C(=NO)c1ccc(-c2ccc(F)cc2)cc1. The maximum Gasteiger partial charge on any atom is 0.274 e. The van der Waals surface area contributed by atoms with Crippen LogP contribution in [-0.2, 0) is 4.79 Å². The lowest BCUT2D eigenvalue weighted by atomic mass is 9.99. The zero-order chi connectivity index (χ0) is 27.4. The molecule has 0 aliphatic carbocycles. The third kappa shape index (κ3) is 6.02. The van der Waals surface area contributed by atoms with Gasteiger partial charge in [0.15, 0.2) is 23.0 Å². The van der Waals surface area contributed by atoms with Gasteiger partial charge in [0.25, 0.3) is 5.91 Å². The van der Waals surface area contributed by atoms with E-state index in [0.29, 0.717) is 12.1 Å². The Bertz CT molecular complexity index is 1340. The third-order valence-corrected chi connectivity index (χ3v) is 6.96. The normalized spacial score (nSPS) is 17.1. The molecule has 0 aromatic heterocycles. The van der Waals surface area contributed by atoms with Crippen molar-refractivity contribution in [2.75, 3.05) is 32.8 Å². The van der Waals surface area contributed by atoms with Gasteiger partial charge in [-0.05, 0) is 66.9 Å². The molecule has 5 rings (SSSR count). The van der Waals surface area contributed by atoms with Crippen molar-refractivity contribution in [3.63, 3.8) is 0 Å².